The summed E-state index contributed by atoms with van der Waals surface area (Å²) in [6, 6.07) is 1.16. The number of hydrogen-bond acceptors (Lipinski definition) is 3. The fourth-order valence-corrected chi connectivity index (χ4v) is 3.94. The Labute approximate surface area is 111 Å². The first-order valence-electron chi connectivity index (χ1n) is 7.71. The molecule has 2 fully saturated rings. The summed E-state index contributed by atoms with van der Waals surface area (Å²) in [4.78, 5) is 0. The van der Waals surface area contributed by atoms with Crippen LogP contribution in [0.25, 0.3) is 0 Å². The van der Waals surface area contributed by atoms with Gasteiger partial charge in [0.05, 0.1) is 6.10 Å². The SMILES string of the molecule is CCOC1CC(NC(C)CCCO)C12CCCC2. The summed E-state index contributed by atoms with van der Waals surface area (Å²) >= 11 is 0. The van der Waals surface area contributed by atoms with Crippen molar-refractivity contribution in [2.24, 2.45) is 5.41 Å². The Bertz CT molecular complexity index is 251. The molecule has 0 radical (unpaired) electrons. The fraction of sp³-hybridized carbons (Fsp3) is 1.00. The van der Waals surface area contributed by atoms with E-state index in [1.54, 1.807) is 0 Å². The first-order chi connectivity index (χ1) is 8.73. The Kier molecular flexibility index (Phi) is 5.05. The van der Waals surface area contributed by atoms with Crippen LogP contribution in [0.1, 0.15) is 58.8 Å². The van der Waals surface area contributed by atoms with Crippen molar-refractivity contribution >= 4 is 0 Å². The molecule has 2 rings (SSSR count). The number of aliphatic hydroxyl groups is 1. The minimum atomic E-state index is 0.309. The van der Waals surface area contributed by atoms with Crippen LogP contribution < -0.4 is 5.32 Å². The van der Waals surface area contributed by atoms with Crippen molar-refractivity contribution in [2.75, 3.05) is 13.2 Å². The number of nitrogens with one attached hydrogen (secondary N) is 1. The van der Waals surface area contributed by atoms with Crippen LogP contribution in [0.15, 0.2) is 0 Å². The zero-order valence-electron chi connectivity index (χ0n) is 12.0. The second-order valence-corrected chi connectivity index (χ2v) is 6.11. The maximum absolute atomic E-state index is 8.89. The summed E-state index contributed by atoms with van der Waals surface area (Å²) in [5.74, 6) is 0. The summed E-state index contributed by atoms with van der Waals surface area (Å²) in [5.41, 5.74) is 0.434. The van der Waals surface area contributed by atoms with E-state index in [1.807, 2.05) is 0 Å². The normalized spacial score (nSPS) is 31.5. The van der Waals surface area contributed by atoms with E-state index in [0.29, 0.717) is 30.2 Å². The number of rotatable bonds is 7. The van der Waals surface area contributed by atoms with E-state index >= 15 is 0 Å². The quantitative estimate of drug-likeness (QED) is 0.734. The second kappa shape index (κ2) is 6.36. The molecule has 0 aromatic heterocycles. The van der Waals surface area contributed by atoms with Crippen molar-refractivity contribution in [3.05, 3.63) is 0 Å². The molecule has 1 spiro atoms. The lowest BCUT2D eigenvalue weighted by Gasteiger charge is -2.55. The second-order valence-electron chi connectivity index (χ2n) is 6.11. The molecule has 0 aromatic rings. The van der Waals surface area contributed by atoms with E-state index in [0.717, 1.165) is 19.4 Å². The lowest BCUT2D eigenvalue weighted by atomic mass is 9.60. The summed E-state index contributed by atoms with van der Waals surface area (Å²) in [5, 5.41) is 12.7. The van der Waals surface area contributed by atoms with Crippen molar-refractivity contribution in [1.29, 1.82) is 0 Å². The number of ether oxygens (including phenoxy) is 1. The van der Waals surface area contributed by atoms with Gasteiger partial charge in [0, 0.05) is 30.7 Å². The van der Waals surface area contributed by atoms with Gasteiger partial charge in [-0.1, -0.05) is 12.8 Å². The molecule has 106 valence electrons. The van der Waals surface area contributed by atoms with Gasteiger partial charge in [-0.2, -0.15) is 0 Å². The predicted octanol–water partition coefficient (Wildman–Crippen LogP) is 2.47. The van der Waals surface area contributed by atoms with Crippen molar-refractivity contribution in [3.63, 3.8) is 0 Å². The van der Waals surface area contributed by atoms with Crippen LogP contribution in [0.4, 0.5) is 0 Å². The van der Waals surface area contributed by atoms with E-state index in [1.165, 1.54) is 32.1 Å². The molecular weight excluding hydrogens is 226 g/mol. The van der Waals surface area contributed by atoms with Crippen LogP contribution >= 0.6 is 0 Å². The minimum absolute atomic E-state index is 0.309. The Morgan fingerprint density at radius 2 is 2.11 bits per heavy atom. The highest BCUT2D eigenvalue weighted by molar-refractivity contribution is 5.10. The Morgan fingerprint density at radius 1 is 1.39 bits per heavy atom. The first kappa shape index (κ1) is 14.3. The Balaban J connectivity index is 1.85. The highest BCUT2D eigenvalue weighted by Crippen LogP contribution is 2.54. The summed E-state index contributed by atoms with van der Waals surface area (Å²) in [7, 11) is 0. The largest absolute Gasteiger partial charge is 0.396 e. The average molecular weight is 255 g/mol. The van der Waals surface area contributed by atoms with Crippen molar-refractivity contribution in [2.45, 2.75) is 77.0 Å². The van der Waals surface area contributed by atoms with E-state index in [9.17, 15) is 0 Å². The molecule has 0 saturated heterocycles. The molecule has 0 aliphatic heterocycles. The highest BCUT2D eigenvalue weighted by Gasteiger charge is 2.56. The van der Waals surface area contributed by atoms with Gasteiger partial charge in [-0.3, -0.25) is 0 Å². The molecule has 0 amide bonds. The van der Waals surface area contributed by atoms with E-state index in [4.69, 9.17) is 9.84 Å². The smallest absolute Gasteiger partial charge is 0.0661 e. The van der Waals surface area contributed by atoms with Crippen LogP contribution in [-0.2, 0) is 4.74 Å². The van der Waals surface area contributed by atoms with Gasteiger partial charge in [-0.25, -0.2) is 0 Å². The van der Waals surface area contributed by atoms with Gasteiger partial charge in [-0.15, -0.1) is 0 Å². The molecule has 18 heavy (non-hydrogen) atoms. The van der Waals surface area contributed by atoms with E-state index in [2.05, 4.69) is 19.2 Å². The summed E-state index contributed by atoms with van der Waals surface area (Å²) in [6.45, 7) is 5.50. The molecule has 3 atom stereocenters. The first-order valence-corrected chi connectivity index (χ1v) is 7.71. The minimum Gasteiger partial charge on any atom is -0.396 e. The molecule has 0 heterocycles. The molecular formula is C15H29NO2. The van der Waals surface area contributed by atoms with Crippen LogP contribution in [0, 0.1) is 5.41 Å². The third-order valence-corrected chi connectivity index (χ3v) is 4.97. The van der Waals surface area contributed by atoms with Gasteiger partial charge < -0.3 is 15.2 Å². The van der Waals surface area contributed by atoms with Crippen molar-refractivity contribution in [3.8, 4) is 0 Å². The van der Waals surface area contributed by atoms with E-state index < -0.39 is 0 Å². The summed E-state index contributed by atoms with van der Waals surface area (Å²) in [6.07, 6.45) is 9.05. The fourth-order valence-electron chi connectivity index (χ4n) is 3.94. The zero-order chi connectivity index (χ0) is 13.0. The third-order valence-electron chi connectivity index (χ3n) is 4.97. The standard InChI is InChI=1S/C15H29NO2/c1-3-18-14-11-13(15(14)8-4-5-9-15)16-12(2)7-6-10-17/h12-14,16-17H,3-11H2,1-2H3. The van der Waals surface area contributed by atoms with Gasteiger partial charge in [0.2, 0.25) is 0 Å². The molecule has 0 aromatic carbocycles. The van der Waals surface area contributed by atoms with Crippen molar-refractivity contribution < 1.29 is 9.84 Å². The van der Waals surface area contributed by atoms with Gasteiger partial charge in [0.25, 0.3) is 0 Å². The average Bonchev–Trinajstić information content (AvgIpc) is 2.87. The zero-order valence-corrected chi connectivity index (χ0v) is 12.0. The molecule has 2 N–H and O–H groups in total. The topological polar surface area (TPSA) is 41.5 Å². The number of hydrogen-bond donors (Lipinski definition) is 2. The molecule has 3 unspecified atom stereocenters. The maximum atomic E-state index is 8.89. The van der Waals surface area contributed by atoms with Gasteiger partial charge in [0.1, 0.15) is 0 Å². The molecule has 2 saturated carbocycles. The van der Waals surface area contributed by atoms with Gasteiger partial charge in [0.15, 0.2) is 0 Å². The molecule has 3 nitrogen and oxygen atoms in total. The van der Waals surface area contributed by atoms with Gasteiger partial charge >= 0.3 is 0 Å². The Morgan fingerprint density at radius 3 is 2.72 bits per heavy atom. The monoisotopic (exact) mass is 255 g/mol. The lowest BCUT2D eigenvalue weighted by Crippen LogP contribution is -2.64. The van der Waals surface area contributed by atoms with Crippen LogP contribution in [0.3, 0.4) is 0 Å². The van der Waals surface area contributed by atoms with Crippen LogP contribution in [0.5, 0.6) is 0 Å². The third kappa shape index (κ3) is 2.73. The van der Waals surface area contributed by atoms with Crippen LogP contribution in [0.2, 0.25) is 0 Å². The Hall–Kier alpha value is -0.120. The van der Waals surface area contributed by atoms with Crippen LogP contribution in [-0.4, -0.2) is 36.5 Å². The summed E-state index contributed by atoms with van der Waals surface area (Å²) < 4.78 is 5.93. The van der Waals surface area contributed by atoms with E-state index in [-0.39, 0.29) is 0 Å². The predicted molar refractivity (Wildman–Crippen MR) is 73.6 cm³/mol. The number of aliphatic hydroxyl groups excluding tert-OH is 1. The molecule has 2 aliphatic carbocycles. The van der Waals surface area contributed by atoms with Gasteiger partial charge in [-0.05, 0) is 46.0 Å². The molecule has 2 aliphatic rings. The highest BCUT2D eigenvalue weighted by atomic mass is 16.5. The maximum Gasteiger partial charge on any atom is 0.0661 e. The molecule has 3 heteroatoms. The molecule has 0 bridgehead atoms. The lowest BCUT2D eigenvalue weighted by molar-refractivity contribution is -0.132. The van der Waals surface area contributed by atoms with Crippen molar-refractivity contribution in [1.82, 2.24) is 5.32 Å².